The van der Waals surface area contributed by atoms with Crippen LogP contribution in [0.5, 0.6) is 11.5 Å². The standard InChI is InChI=1S/C41H38N4O.Pd/c1-25-20-26(2)39(27(3)21-25)40-28(4)43-45(29(40)5)31-12-11-13-32(23-31)46-33-16-17-35-34-14-9-10-15-36(34)44(37(35)24-33)38-22-30(18-19-42-38)41(6,7)8;/h9-22H,1-8H3;/q-2;+2. The van der Waals surface area contributed by atoms with Gasteiger partial charge in [-0.2, -0.15) is 17.2 Å². The van der Waals surface area contributed by atoms with Crippen LogP contribution in [-0.4, -0.2) is 19.3 Å². The van der Waals surface area contributed by atoms with Crippen LogP contribution in [0.25, 0.3) is 44.4 Å². The van der Waals surface area contributed by atoms with E-state index in [-0.39, 0.29) is 25.8 Å². The number of benzene rings is 4. The van der Waals surface area contributed by atoms with Crippen molar-refractivity contribution in [2.24, 2.45) is 0 Å². The Morgan fingerprint density at radius 3 is 2.19 bits per heavy atom. The average Bonchev–Trinajstić information content (AvgIpc) is 3.49. The van der Waals surface area contributed by atoms with Gasteiger partial charge in [-0.3, -0.25) is 4.68 Å². The molecule has 0 unspecified atom stereocenters. The molecule has 0 atom stereocenters. The van der Waals surface area contributed by atoms with Gasteiger partial charge in [0.05, 0.1) is 5.69 Å². The molecule has 7 rings (SSSR count). The van der Waals surface area contributed by atoms with Crippen LogP contribution in [0.1, 0.15) is 54.4 Å². The first-order valence-corrected chi connectivity index (χ1v) is 15.8. The van der Waals surface area contributed by atoms with E-state index < -0.39 is 0 Å². The van der Waals surface area contributed by atoms with Crippen molar-refractivity contribution in [1.29, 1.82) is 0 Å². The Balaban J connectivity index is 0.00000386. The molecule has 0 N–H and O–H groups in total. The zero-order chi connectivity index (χ0) is 32.3. The monoisotopic (exact) mass is 708 g/mol. The van der Waals surface area contributed by atoms with Gasteiger partial charge in [-0.05, 0) is 91.6 Å². The van der Waals surface area contributed by atoms with Crippen LogP contribution >= 0.6 is 0 Å². The van der Waals surface area contributed by atoms with Gasteiger partial charge in [0.2, 0.25) is 0 Å². The molecule has 3 aromatic heterocycles. The van der Waals surface area contributed by atoms with Crippen LogP contribution in [0.4, 0.5) is 0 Å². The summed E-state index contributed by atoms with van der Waals surface area (Å²) in [4.78, 5) is 4.79. The van der Waals surface area contributed by atoms with Gasteiger partial charge < -0.3 is 9.30 Å². The zero-order valence-corrected chi connectivity index (χ0v) is 29.7. The summed E-state index contributed by atoms with van der Waals surface area (Å²) in [5.74, 6) is 2.07. The van der Waals surface area contributed by atoms with Crippen LogP contribution in [0.3, 0.4) is 0 Å². The molecule has 4 aromatic carbocycles. The Bertz CT molecular complexity index is 2260. The van der Waals surface area contributed by atoms with Crippen LogP contribution in [0, 0.1) is 46.8 Å². The van der Waals surface area contributed by atoms with Crippen LogP contribution in [-0.2, 0) is 25.8 Å². The predicted molar refractivity (Wildman–Crippen MR) is 188 cm³/mol. The zero-order valence-electron chi connectivity index (χ0n) is 28.1. The summed E-state index contributed by atoms with van der Waals surface area (Å²) in [6, 6.07) is 34.2. The molecular weight excluding hydrogens is 671 g/mol. The average molecular weight is 709 g/mol. The van der Waals surface area contributed by atoms with E-state index >= 15 is 0 Å². The van der Waals surface area contributed by atoms with Crippen molar-refractivity contribution in [3.63, 3.8) is 0 Å². The van der Waals surface area contributed by atoms with Gasteiger partial charge in [0.15, 0.2) is 0 Å². The molecule has 6 heteroatoms. The van der Waals surface area contributed by atoms with E-state index in [1.807, 2.05) is 35.1 Å². The number of para-hydroxylation sites is 1. The first kappa shape index (κ1) is 32.4. The summed E-state index contributed by atoms with van der Waals surface area (Å²) in [5, 5.41) is 7.20. The fraction of sp³-hybridized carbons (Fsp3) is 0.220. The number of aryl methyl sites for hydroxylation is 4. The van der Waals surface area contributed by atoms with Crippen molar-refractivity contribution < 1.29 is 25.2 Å². The topological polar surface area (TPSA) is 44.9 Å². The fourth-order valence-corrected chi connectivity index (χ4v) is 6.73. The summed E-state index contributed by atoms with van der Waals surface area (Å²) in [6.45, 7) is 17.4. The molecule has 0 aliphatic rings. The second kappa shape index (κ2) is 12.3. The predicted octanol–water partition coefficient (Wildman–Crippen LogP) is 10.3. The molecule has 3 heterocycles. The molecule has 238 valence electrons. The third-order valence-corrected chi connectivity index (χ3v) is 8.82. The Hall–Kier alpha value is -4.50. The Labute approximate surface area is 290 Å². The van der Waals surface area contributed by atoms with Crippen molar-refractivity contribution in [2.75, 3.05) is 0 Å². The summed E-state index contributed by atoms with van der Waals surface area (Å²) in [5.41, 5.74) is 12.3. The molecule has 7 aromatic rings. The maximum atomic E-state index is 6.44. The van der Waals surface area contributed by atoms with Crippen molar-refractivity contribution in [3.05, 3.63) is 131 Å². The van der Waals surface area contributed by atoms with Crippen LogP contribution < -0.4 is 4.74 Å². The van der Waals surface area contributed by atoms with Gasteiger partial charge in [0.1, 0.15) is 5.82 Å². The van der Waals surface area contributed by atoms with Crippen molar-refractivity contribution in [3.8, 4) is 34.1 Å². The number of hydrogen-bond donors (Lipinski definition) is 0. The Kier molecular flexibility index (Phi) is 8.47. The summed E-state index contributed by atoms with van der Waals surface area (Å²) < 4.78 is 10.6. The maximum absolute atomic E-state index is 6.44. The molecular formula is C41H38N4OPd. The third kappa shape index (κ3) is 5.82. The van der Waals surface area contributed by atoms with E-state index in [1.54, 1.807) is 0 Å². The van der Waals surface area contributed by atoms with Gasteiger partial charge in [-0.15, -0.1) is 35.7 Å². The number of ether oxygens (including phenoxy) is 1. The van der Waals surface area contributed by atoms with Gasteiger partial charge in [-0.1, -0.05) is 62.2 Å². The summed E-state index contributed by atoms with van der Waals surface area (Å²) >= 11 is 0. The summed E-state index contributed by atoms with van der Waals surface area (Å²) in [7, 11) is 0. The molecule has 0 saturated carbocycles. The third-order valence-electron chi connectivity index (χ3n) is 8.82. The molecule has 0 aliphatic heterocycles. The van der Waals surface area contributed by atoms with Gasteiger partial charge in [-0.25, -0.2) is 4.98 Å². The molecule has 0 spiro atoms. The quantitative estimate of drug-likeness (QED) is 0.132. The Morgan fingerprint density at radius 2 is 1.45 bits per heavy atom. The van der Waals surface area contributed by atoms with E-state index in [2.05, 4.69) is 127 Å². The largest absolute Gasteiger partial charge is 2.00 e. The molecule has 0 saturated heterocycles. The first-order valence-electron chi connectivity index (χ1n) is 15.8. The number of fused-ring (bicyclic) bond motifs is 3. The number of pyridine rings is 1. The van der Waals surface area contributed by atoms with E-state index in [0.717, 1.165) is 44.7 Å². The minimum Gasteiger partial charge on any atom is -0.509 e. The van der Waals surface area contributed by atoms with E-state index in [4.69, 9.17) is 14.8 Å². The number of nitrogens with zero attached hydrogens (tertiary/aromatic N) is 4. The first-order chi connectivity index (χ1) is 22.0. The molecule has 5 nitrogen and oxygen atoms in total. The van der Waals surface area contributed by atoms with Gasteiger partial charge >= 0.3 is 20.4 Å². The van der Waals surface area contributed by atoms with Gasteiger partial charge in [0, 0.05) is 34.5 Å². The molecule has 0 amide bonds. The molecule has 0 bridgehead atoms. The second-order valence-corrected chi connectivity index (χ2v) is 13.3. The minimum absolute atomic E-state index is 0. The van der Waals surface area contributed by atoms with Gasteiger partial charge in [0.25, 0.3) is 0 Å². The normalized spacial score (nSPS) is 11.7. The maximum Gasteiger partial charge on any atom is 2.00 e. The van der Waals surface area contributed by atoms with E-state index in [0.29, 0.717) is 11.5 Å². The van der Waals surface area contributed by atoms with Crippen LogP contribution in [0.15, 0.2) is 85.1 Å². The molecule has 47 heavy (non-hydrogen) atoms. The SMILES string of the molecule is Cc1cc(C)c(-c2c(C)nn(-c3[c-]c(Oc4[c-]c5c(cc4)c4ccccc4n5-c4cc(C(C)(C)C)ccn4)ccc3)c2C)c(C)c1.[Pd+2]. The second-order valence-electron chi connectivity index (χ2n) is 13.3. The minimum atomic E-state index is -0.000678. The van der Waals surface area contributed by atoms with Crippen molar-refractivity contribution >= 4 is 21.8 Å². The number of aromatic nitrogens is 4. The van der Waals surface area contributed by atoms with Crippen LogP contribution in [0.2, 0.25) is 0 Å². The Morgan fingerprint density at radius 1 is 0.723 bits per heavy atom. The molecule has 0 aliphatic carbocycles. The fourth-order valence-electron chi connectivity index (χ4n) is 6.73. The van der Waals surface area contributed by atoms with Crippen molar-refractivity contribution in [1.82, 2.24) is 19.3 Å². The van der Waals surface area contributed by atoms with E-state index in [9.17, 15) is 0 Å². The van der Waals surface area contributed by atoms with Crippen molar-refractivity contribution in [2.45, 2.75) is 60.8 Å². The summed E-state index contributed by atoms with van der Waals surface area (Å²) in [6.07, 6.45) is 1.89. The smallest absolute Gasteiger partial charge is 0.509 e. The van der Waals surface area contributed by atoms with E-state index in [1.165, 1.54) is 33.4 Å². The molecule has 0 radical (unpaired) electrons. The number of hydrogen-bond acceptors (Lipinski definition) is 3. The molecule has 0 fully saturated rings. The number of rotatable bonds is 5.